The minimum Gasteiger partial charge on any atom is -0.387 e. The zero-order valence-corrected chi connectivity index (χ0v) is 11.7. The van der Waals surface area contributed by atoms with Crippen molar-refractivity contribution in [3.8, 4) is 0 Å². The summed E-state index contributed by atoms with van der Waals surface area (Å²) in [5.74, 6) is 0. The molecule has 1 aliphatic heterocycles. The number of rotatable bonds is 3. The Hall–Kier alpha value is 0.350. The lowest BCUT2D eigenvalue weighted by Gasteiger charge is -2.30. The molecule has 2 heterocycles. The number of hydrogen-bond donors (Lipinski definition) is 2. The summed E-state index contributed by atoms with van der Waals surface area (Å²) in [6.45, 7) is 1.59. The van der Waals surface area contributed by atoms with E-state index in [4.69, 9.17) is 22.1 Å². The molecule has 1 aromatic rings. The van der Waals surface area contributed by atoms with Gasteiger partial charge >= 0.3 is 0 Å². The quantitative estimate of drug-likeness (QED) is 0.897. The molecule has 1 aromatic heterocycles. The maximum atomic E-state index is 10.4. The fourth-order valence-electron chi connectivity index (χ4n) is 1.91. The van der Waals surface area contributed by atoms with E-state index in [1.165, 1.54) is 11.3 Å². The van der Waals surface area contributed by atoms with Gasteiger partial charge in [-0.05, 0) is 28.4 Å². The highest BCUT2D eigenvalue weighted by atomic mass is 79.9. The summed E-state index contributed by atoms with van der Waals surface area (Å²) >= 11 is 10.7. The van der Waals surface area contributed by atoms with Gasteiger partial charge in [0.05, 0.1) is 12.7 Å². The summed E-state index contributed by atoms with van der Waals surface area (Å²) in [6.07, 6.45) is 0.187. The lowest BCUT2D eigenvalue weighted by Crippen LogP contribution is -2.37. The van der Waals surface area contributed by atoms with E-state index in [1.807, 2.05) is 6.07 Å². The van der Waals surface area contributed by atoms with Gasteiger partial charge in [0.2, 0.25) is 0 Å². The van der Waals surface area contributed by atoms with Gasteiger partial charge in [0.25, 0.3) is 0 Å². The minimum absolute atomic E-state index is 0.354. The molecule has 16 heavy (non-hydrogen) atoms. The molecule has 0 bridgehead atoms. The highest BCUT2D eigenvalue weighted by Crippen LogP contribution is 2.45. The van der Waals surface area contributed by atoms with Crippen molar-refractivity contribution in [3.63, 3.8) is 0 Å². The molecule has 0 aromatic carbocycles. The Bertz CT molecular complexity index is 359. The third-order valence-corrected chi connectivity index (χ3v) is 5.58. The first kappa shape index (κ1) is 12.8. The number of aliphatic hydroxyl groups is 1. The molecule has 1 fully saturated rings. The van der Waals surface area contributed by atoms with Crippen LogP contribution in [-0.4, -0.2) is 24.9 Å². The Morgan fingerprint density at radius 2 is 2.50 bits per heavy atom. The number of nitrogens with two attached hydrogens (primary N) is 1. The van der Waals surface area contributed by atoms with Gasteiger partial charge in [-0.2, -0.15) is 0 Å². The molecule has 1 saturated heterocycles. The van der Waals surface area contributed by atoms with Crippen molar-refractivity contribution < 1.29 is 9.84 Å². The first-order valence-electron chi connectivity index (χ1n) is 5.00. The van der Waals surface area contributed by atoms with Crippen molar-refractivity contribution in [1.29, 1.82) is 0 Å². The Morgan fingerprint density at radius 1 is 1.75 bits per heavy atom. The van der Waals surface area contributed by atoms with Crippen molar-refractivity contribution in [2.75, 3.05) is 19.8 Å². The molecule has 0 radical (unpaired) electrons. The Kier molecular flexibility index (Phi) is 3.93. The molecule has 2 unspecified atom stereocenters. The molecule has 3 nitrogen and oxygen atoms in total. The maximum absolute atomic E-state index is 10.4. The highest BCUT2D eigenvalue weighted by Gasteiger charge is 2.42. The zero-order valence-electron chi connectivity index (χ0n) is 8.58. The summed E-state index contributed by atoms with van der Waals surface area (Å²) in [4.78, 5) is 0.841. The lowest BCUT2D eigenvalue weighted by atomic mass is 9.81. The van der Waals surface area contributed by atoms with Crippen LogP contribution in [0.1, 0.15) is 17.4 Å². The van der Waals surface area contributed by atoms with Crippen LogP contribution in [0, 0.1) is 5.41 Å². The predicted octanol–water partition coefficient (Wildman–Crippen LogP) is 2.56. The summed E-state index contributed by atoms with van der Waals surface area (Å²) in [7, 11) is 0. The van der Waals surface area contributed by atoms with E-state index in [2.05, 4.69) is 15.9 Å². The van der Waals surface area contributed by atoms with Crippen molar-refractivity contribution in [2.24, 2.45) is 11.1 Å². The highest BCUT2D eigenvalue weighted by molar-refractivity contribution is 9.10. The molecule has 0 aliphatic carbocycles. The van der Waals surface area contributed by atoms with Crippen LogP contribution >= 0.6 is 38.9 Å². The van der Waals surface area contributed by atoms with E-state index >= 15 is 0 Å². The van der Waals surface area contributed by atoms with Crippen LogP contribution in [0.2, 0.25) is 4.34 Å². The third-order valence-electron chi connectivity index (χ3n) is 3.05. The number of ether oxygens (including phenoxy) is 1. The first-order valence-corrected chi connectivity index (χ1v) is 6.98. The van der Waals surface area contributed by atoms with Crippen molar-refractivity contribution in [1.82, 2.24) is 0 Å². The second-order valence-corrected chi connectivity index (χ2v) is 6.58. The predicted molar refractivity (Wildman–Crippen MR) is 68.9 cm³/mol. The van der Waals surface area contributed by atoms with E-state index in [-0.39, 0.29) is 5.41 Å². The Balaban J connectivity index is 2.26. The van der Waals surface area contributed by atoms with E-state index < -0.39 is 6.10 Å². The number of halogens is 2. The first-order chi connectivity index (χ1) is 7.59. The van der Waals surface area contributed by atoms with Crippen LogP contribution in [0.3, 0.4) is 0 Å². The van der Waals surface area contributed by atoms with Crippen molar-refractivity contribution in [3.05, 3.63) is 19.8 Å². The standard InChI is InChI=1S/C10H13BrClNO2S/c11-6-3-7(16-9(6)12)8(14)10(4-13)1-2-15-5-10/h3,8,14H,1-2,4-5,13H2. The largest absolute Gasteiger partial charge is 0.387 e. The molecule has 0 amide bonds. The molecule has 1 aliphatic rings. The number of thiophene rings is 1. The van der Waals surface area contributed by atoms with Crippen LogP contribution in [0.4, 0.5) is 0 Å². The van der Waals surface area contributed by atoms with Crippen LogP contribution in [0.5, 0.6) is 0 Å². The van der Waals surface area contributed by atoms with Gasteiger partial charge < -0.3 is 15.6 Å². The van der Waals surface area contributed by atoms with Crippen LogP contribution in [0.25, 0.3) is 0 Å². The van der Waals surface area contributed by atoms with Gasteiger partial charge in [0, 0.05) is 27.9 Å². The molecular formula is C10H13BrClNO2S. The van der Waals surface area contributed by atoms with Gasteiger partial charge in [-0.3, -0.25) is 0 Å². The molecule has 90 valence electrons. The molecule has 3 N–H and O–H groups in total. The lowest BCUT2D eigenvalue weighted by molar-refractivity contribution is 0.0215. The molecular weight excluding hydrogens is 314 g/mol. The average Bonchev–Trinajstić information content (AvgIpc) is 2.87. The van der Waals surface area contributed by atoms with Crippen molar-refractivity contribution in [2.45, 2.75) is 12.5 Å². The third kappa shape index (κ3) is 2.17. The van der Waals surface area contributed by atoms with E-state index in [0.717, 1.165) is 15.8 Å². The average molecular weight is 327 g/mol. The normalized spacial score (nSPS) is 27.2. The summed E-state index contributed by atoms with van der Waals surface area (Å²) in [6, 6.07) is 1.85. The smallest absolute Gasteiger partial charge is 0.107 e. The van der Waals surface area contributed by atoms with Gasteiger partial charge in [0.1, 0.15) is 4.34 Å². The van der Waals surface area contributed by atoms with Crippen LogP contribution < -0.4 is 5.73 Å². The van der Waals surface area contributed by atoms with E-state index in [0.29, 0.717) is 24.1 Å². The van der Waals surface area contributed by atoms with E-state index in [1.54, 1.807) is 0 Å². The second-order valence-electron chi connectivity index (χ2n) is 4.04. The molecule has 0 saturated carbocycles. The molecule has 6 heteroatoms. The topological polar surface area (TPSA) is 55.5 Å². The monoisotopic (exact) mass is 325 g/mol. The number of hydrogen-bond acceptors (Lipinski definition) is 4. The molecule has 2 rings (SSSR count). The SMILES string of the molecule is NCC1(C(O)c2cc(Br)c(Cl)s2)CCOC1. The Morgan fingerprint density at radius 3 is 2.94 bits per heavy atom. The molecule has 2 atom stereocenters. The fraction of sp³-hybridized carbons (Fsp3) is 0.600. The summed E-state index contributed by atoms with van der Waals surface area (Å²) in [5, 5.41) is 10.4. The fourth-order valence-corrected chi connectivity index (χ4v) is 3.78. The van der Waals surface area contributed by atoms with Gasteiger partial charge in [-0.25, -0.2) is 0 Å². The maximum Gasteiger partial charge on any atom is 0.107 e. The molecule has 0 spiro atoms. The van der Waals surface area contributed by atoms with Gasteiger partial charge in [-0.15, -0.1) is 11.3 Å². The minimum atomic E-state index is -0.603. The van der Waals surface area contributed by atoms with Gasteiger partial charge in [-0.1, -0.05) is 11.6 Å². The van der Waals surface area contributed by atoms with Crippen LogP contribution in [-0.2, 0) is 4.74 Å². The zero-order chi connectivity index (χ0) is 11.8. The summed E-state index contributed by atoms with van der Waals surface area (Å²) < 4.78 is 6.82. The second kappa shape index (κ2) is 4.92. The Labute approximate surface area is 112 Å². The van der Waals surface area contributed by atoms with Crippen molar-refractivity contribution >= 4 is 38.9 Å². The summed E-state index contributed by atoms with van der Waals surface area (Å²) in [5.41, 5.74) is 5.42. The van der Waals surface area contributed by atoms with E-state index in [9.17, 15) is 5.11 Å². The van der Waals surface area contributed by atoms with Crippen LogP contribution in [0.15, 0.2) is 10.5 Å². The van der Waals surface area contributed by atoms with Gasteiger partial charge in [0.15, 0.2) is 0 Å². The number of aliphatic hydroxyl groups excluding tert-OH is 1.